The normalized spacial score (nSPS) is 20.2. The van der Waals surface area contributed by atoms with Gasteiger partial charge >= 0.3 is 0 Å². The van der Waals surface area contributed by atoms with Crippen molar-refractivity contribution in [1.82, 2.24) is 24.6 Å². The van der Waals surface area contributed by atoms with Crippen LogP contribution in [0.1, 0.15) is 24.3 Å². The molecule has 9 nitrogen and oxygen atoms in total. The topological polar surface area (TPSA) is 109 Å². The molecule has 2 aliphatic heterocycles. The third kappa shape index (κ3) is 5.43. The van der Waals surface area contributed by atoms with Crippen LogP contribution in [0.4, 0.5) is 10.2 Å². The van der Waals surface area contributed by atoms with Gasteiger partial charge in [0.25, 0.3) is 0 Å². The van der Waals surface area contributed by atoms with Gasteiger partial charge in [0, 0.05) is 50.7 Å². The maximum Gasteiger partial charge on any atom is 0.211 e. The van der Waals surface area contributed by atoms with Gasteiger partial charge in [0.2, 0.25) is 10.0 Å². The first-order valence-corrected chi connectivity index (χ1v) is 13.7. The summed E-state index contributed by atoms with van der Waals surface area (Å²) in [6.07, 6.45) is 5.67. The number of halogens is 1. The zero-order chi connectivity index (χ0) is 24.4. The highest BCUT2D eigenvalue weighted by Gasteiger charge is 2.27. The first-order chi connectivity index (χ1) is 16.9. The fraction of sp³-hybridized carbons (Fsp3) is 0.458. The Morgan fingerprint density at radius 3 is 2.71 bits per heavy atom. The molecule has 2 saturated heterocycles. The van der Waals surface area contributed by atoms with Crippen LogP contribution >= 0.6 is 0 Å². The third-order valence-electron chi connectivity index (χ3n) is 6.62. The Morgan fingerprint density at radius 2 is 2.00 bits per heavy atom. The van der Waals surface area contributed by atoms with Gasteiger partial charge in [-0.2, -0.15) is 0 Å². The lowest BCUT2D eigenvalue weighted by Gasteiger charge is -2.30. The molecule has 11 heteroatoms. The molecule has 2 N–H and O–H groups in total. The molecule has 0 bridgehead atoms. The molecule has 3 aromatic rings. The molecular weight excluding hydrogens is 471 g/mol. The van der Waals surface area contributed by atoms with E-state index in [9.17, 15) is 8.42 Å². The van der Waals surface area contributed by atoms with Gasteiger partial charge in [-0.1, -0.05) is 12.1 Å². The van der Waals surface area contributed by atoms with Crippen molar-refractivity contribution in [3.63, 3.8) is 0 Å². The highest BCUT2D eigenvalue weighted by molar-refractivity contribution is 7.88. The predicted octanol–water partition coefficient (Wildman–Crippen LogP) is 2.37. The second-order valence-electron chi connectivity index (χ2n) is 9.03. The van der Waals surface area contributed by atoms with Crippen LogP contribution in [-0.2, 0) is 14.8 Å². The number of anilines is 1. The highest BCUT2D eigenvalue weighted by atomic mass is 32.2. The van der Waals surface area contributed by atoms with E-state index in [0.29, 0.717) is 72.8 Å². The Labute approximate surface area is 204 Å². The Kier molecular flexibility index (Phi) is 6.92. The zero-order valence-corrected chi connectivity index (χ0v) is 20.4. The molecule has 2 aliphatic rings. The van der Waals surface area contributed by atoms with E-state index in [-0.39, 0.29) is 17.8 Å². The number of sulfonamides is 1. The minimum Gasteiger partial charge on any atom is -0.374 e. The van der Waals surface area contributed by atoms with Gasteiger partial charge in [0.05, 0.1) is 30.2 Å². The largest absolute Gasteiger partial charge is 0.374 e. The van der Waals surface area contributed by atoms with E-state index in [0.717, 1.165) is 13.1 Å². The summed E-state index contributed by atoms with van der Waals surface area (Å²) < 4.78 is 46.0. The molecule has 0 saturated carbocycles. The van der Waals surface area contributed by atoms with Crippen LogP contribution < -0.4 is 10.6 Å². The van der Waals surface area contributed by atoms with Gasteiger partial charge in [-0.25, -0.2) is 27.1 Å². The summed E-state index contributed by atoms with van der Waals surface area (Å²) in [4.78, 5) is 13.6. The number of fused-ring (bicyclic) bond motifs is 1. The van der Waals surface area contributed by atoms with Gasteiger partial charge in [-0.15, -0.1) is 0 Å². The lowest BCUT2D eigenvalue weighted by Crippen LogP contribution is -2.42. The molecule has 35 heavy (non-hydrogen) atoms. The van der Waals surface area contributed by atoms with Crippen molar-refractivity contribution in [2.45, 2.75) is 24.9 Å². The molecule has 0 amide bonds. The first kappa shape index (κ1) is 24.0. The van der Waals surface area contributed by atoms with E-state index in [2.05, 4.69) is 20.6 Å². The van der Waals surface area contributed by atoms with E-state index < -0.39 is 10.0 Å². The maximum absolute atomic E-state index is 15.2. The number of nitrogens with zero attached hydrogens (tertiary/aromatic N) is 4. The lowest BCUT2D eigenvalue weighted by atomic mass is 9.89. The Morgan fingerprint density at radius 1 is 1.20 bits per heavy atom. The number of morpholine rings is 1. The number of rotatable bonds is 6. The van der Waals surface area contributed by atoms with Crippen molar-refractivity contribution in [2.24, 2.45) is 0 Å². The van der Waals surface area contributed by atoms with Crippen LogP contribution in [0.25, 0.3) is 22.3 Å². The molecule has 1 aromatic carbocycles. The number of ether oxygens (including phenoxy) is 1. The Bertz CT molecular complexity index is 1310. The van der Waals surface area contributed by atoms with Gasteiger partial charge in [0.15, 0.2) is 5.82 Å². The van der Waals surface area contributed by atoms with Crippen molar-refractivity contribution < 1.29 is 17.5 Å². The Balaban J connectivity index is 1.38. The number of pyridine rings is 1. The van der Waals surface area contributed by atoms with E-state index in [1.807, 2.05) is 12.1 Å². The van der Waals surface area contributed by atoms with Crippen molar-refractivity contribution >= 4 is 26.9 Å². The van der Waals surface area contributed by atoms with Crippen LogP contribution in [0.15, 0.2) is 36.7 Å². The van der Waals surface area contributed by atoms with Gasteiger partial charge in [-0.3, -0.25) is 4.98 Å². The molecule has 0 aliphatic carbocycles. The van der Waals surface area contributed by atoms with E-state index in [1.54, 1.807) is 18.5 Å². The van der Waals surface area contributed by atoms with Crippen LogP contribution in [0.5, 0.6) is 0 Å². The molecule has 4 heterocycles. The van der Waals surface area contributed by atoms with Crippen LogP contribution in [0, 0.1) is 5.82 Å². The minimum atomic E-state index is -3.22. The summed E-state index contributed by atoms with van der Waals surface area (Å²) in [5.41, 5.74) is 3.17. The fourth-order valence-corrected chi connectivity index (χ4v) is 5.59. The number of piperidine rings is 1. The molecule has 2 aromatic heterocycles. The van der Waals surface area contributed by atoms with Crippen molar-refractivity contribution in [3.8, 4) is 11.3 Å². The molecule has 1 unspecified atom stereocenters. The maximum atomic E-state index is 15.2. The number of hydrogen-bond donors (Lipinski definition) is 2. The van der Waals surface area contributed by atoms with Crippen LogP contribution in [0.2, 0.25) is 0 Å². The average Bonchev–Trinajstić information content (AvgIpc) is 2.87. The number of hydrogen-bond acceptors (Lipinski definition) is 8. The highest BCUT2D eigenvalue weighted by Crippen LogP contribution is 2.33. The number of benzene rings is 1. The quantitative estimate of drug-likeness (QED) is 0.531. The van der Waals surface area contributed by atoms with Crippen molar-refractivity contribution in [2.75, 3.05) is 50.9 Å². The summed E-state index contributed by atoms with van der Waals surface area (Å²) in [6.45, 7) is 3.65. The second-order valence-corrected chi connectivity index (χ2v) is 11.0. The average molecular weight is 501 g/mol. The Hall–Kier alpha value is -2.73. The molecule has 186 valence electrons. The fourth-order valence-electron chi connectivity index (χ4n) is 4.72. The zero-order valence-electron chi connectivity index (χ0n) is 19.6. The molecule has 1 atom stereocenters. The summed E-state index contributed by atoms with van der Waals surface area (Å²) in [5.74, 6) is 0.258. The van der Waals surface area contributed by atoms with Crippen LogP contribution in [-0.4, -0.2) is 79.4 Å². The van der Waals surface area contributed by atoms with Crippen LogP contribution in [0.3, 0.4) is 0 Å². The second kappa shape index (κ2) is 10.1. The van der Waals surface area contributed by atoms with E-state index >= 15 is 4.39 Å². The number of aromatic nitrogens is 3. The molecule has 0 radical (unpaired) electrons. The smallest absolute Gasteiger partial charge is 0.211 e. The molecule has 2 fully saturated rings. The summed E-state index contributed by atoms with van der Waals surface area (Å²) in [5, 5.41) is 6.64. The number of nitrogens with one attached hydrogen (secondary N) is 2. The lowest BCUT2D eigenvalue weighted by molar-refractivity contribution is 0.0372. The molecular formula is C24H29FN6O3S. The standard InChI is InChI=1S/C24H29FN6O3S/c1-35(32,33)31-9-4-16(5-10-31)19-3-2-17(12-20(19)25)21-13-22-23(28-7-6-27-22)24(30-21)29-15-18-14-26-8-11-34-18/h2-3,6-7,12-13,16,18,26H,4-5,8-11,14-15H2,1H3,(H,29,30). The summed E-state index contributed by atoms with van der Waals surface area (Å²) >= 11 is 0. The van der Waals surface area contributed by atoms with Gasteiger partial charge in [0.1, 0.15) is 11.3 Å². The summed E-state index contributed by atoms with van der Waals surface area (Å²) in [6, 6.07) is 6.97. The summed E-state index contributed by atoms with van der Waals surface area (Å²) in [7, 11) is -3.22. The van der Waals surface area contributed by atoms with E-state index in [4.69, 9.17) is 9.72 Å². The van der Waals surface area contributed by atoms with Crippen molar-refractivity contribution in [3.05, 3.63) is 48.0 Å². The van der Waals surface area contributed by atoms with Crippen molar-refractivity contribution in [1.29, 1.82) is 0 Å². The third-order valence-corrected chi connectivity index (χ3v) is 7.92. The van der Waals surface area contributed by atoms with Gasteiger partial charge < -0.3 is 15.4 Å². The van der Waals surface area contributed by atoms with Gasteiger partial charge in [-0.05, 0) is 36.5 Å². The van der Waals surface area contributed by atoms with E-state index in [1.165, 1.54) is 16.6 Å². The first-order valence-electron chi connectivity index (χ1n) is 11.8. The molecule has 5 rings (SSSR count). The minimum absolute atomic E-state index is 0.0150. The SMILES string of the molecule is CS(=O)(=O)N1CCC(c2ccc(-c3cc4nccnc4c(NCC4CNCCO4)n3)cc2F)CC1. The molecule has 0 spiro atoms. The predicted molar refractivity (Wildman–Crippen MR) is 132 cm³/mol. The monoisotopic (exact) mass is 500 g/mol.